The van der Waals surface area contributed by atoms with Crippen molar-refractivity contribution in [1.29, 1.82) is 0 Å². The zero-order valence-corrected chi connectivity index (χ0v) is 22.2. The Balaban J connectivity index is 1.32. The molecule has 1 aromatic carbocycles. The van der Waals surface area contributed by atoms with Crippen molar-refractivity contribution in [3.05, 3.63) is 35.4 Å². The van der Waals surface area contributed by atoms with Gasteiger partial charge in [0.1, 0.15) is 12.2 Å². The van der Waals surface area contributed by atoms with E-state index in [0.29, 0.717) is 35.6 Å². The number of anilines is 1. The first kappa shape index (κ1) is 26.2. The van der Waals surface area contributed by atoms with E-state index < -0.39 is 42.0 Å². The fourth-order valence-corrected chi connectivity index (χ4v) is 5.57. The van der Waals surface area contributed by atoms with Crippen molar-refractivity contribution in [3.8, 4) is 6.01 Å². The number of benzene rings is 1. The summed E-state index contributed by atoms with van der Waals surface area (Å²) in [5.74, 6) is -2.12. The molecule has 1 aliphatic heterocycles. The van der Waals surface area contributed by atoms with Crippen LogP contribution in [0.4, 0.5) is 14.6 Å². The minimum atomic E-state index is -0.970. The highest BCUT2D eigenvalue weighted by atomic mass is 19.2. The van der Waals surface area contributed by atoms with Gasteiger partial charge in [0.05, 0.1) is 18.8 Å². The van der Waals surface area contributed by atoms with Crippen LogP contribution in [0.2, 0.25) is 0 Å². The molecule has 3 fully saturated rings. The molecule has 2 N–H and O–H groups in total. The predicted octanol–water partition coefficient (Wildman–Crippen LogP) is 3.44. The fraction of sp³-hybridized carbons (Fsp3) is 0.615. The predicted molar refractivity (Wildman–Crippen MR) is 134 cm³/mol. The molecule has 2 aliphatic carbocycles. The van der Waals surface area contributed by atoms with Gasteiger partial charge in [0.25, 0.3) is 0 Å². The van der Waals surface area contributed by atoms with E-state index in [1.165, 1.54) is 6.07 Å². The molecule has 7 atom stereocenters. The number of nitrogens with one attached hydrogen (secondary N) is 1. The van der Waals surface area contributed by atoms with E-state index in [1.807, 2.05) is 20.8 Å². The van der Waals surface area contributed by atoms with Crippen LogP contribution < -0.4 is 10.1 Å². The summed E-state index contributed by atoms with van der Waals surface area (Å²) in [6, 6.07) is 3.77. The number of halogens is 2. The number of nitrogens with zero attached hydrogens (tertiary/aromatic N) is 5. The minimum absolute atomic E-state index is 0.000378. The molecule has 39 heavy (non-hydrogen) atoms. The molecule has 3 heterocycles. The average molecular weight is 547 g/mol. The summed E-state index contributed by atoms with van der Waals surface area (Å²) in [6.07, 6.45) is -0.234. The number of rotatable bonds is 9. The van der Waals surface area contributed by atoms with Crippen molar-refractivity contribution in [1.82, 2.24) is 25.0 Å². The number of aliphatic hydroxyl groups is 1. The van der Waals surface area contributed by atoms with E-state index in [0.717, 1.165) is 18.9 Å². The lowest BCUT2D eigenvalue weighted by Crippen LogP contribution is -2.33. The Morgan fingerprint density at radius 1 is 1.18 bits per heavy atom. The van der Waals surface area contributed by atoms with Crippen LogP contribution >= 0.6 is 0 Å². The van der Waals surface area contributed by atoms with Gasteiger partial charge in [-0.2, -0.15) is 9.97 Å². The molecule has 0 amide bonds. The summed E-state index contributed by atoms with van der Waals surface area (Å²) in [5, 5.41) is 22.1. The van der Waals surface area contributed by atoms with Crippen LogP contribution in [0.5, 0.6) is 6.01 Å². The highest BCUT2D eigenvalue weighted by Crippen LogP contribution is 2.47. The van der Waals surface area contributed by atoms with E-state index in [9.17, 15) is 13.9 Å². The molecule has 2 aromatic heterocycles. The molecule has 13 heteroatoms. The van der Waals surface area contributed by atoms with Crippen LogP contribution in [-0.4, -0.2) is 73.1 Å². The van der Waals surface area contributed by atoms with E-state index in [1.54, 1.807) is 17.7 Å². The van der Waals surface area contributed by atoms with Crippen LogP contribution in [0.15, 0.2) is 18.2 Å². The van der Waals surface area contributed by atoms with Crippen molar-refractivity contribution in [2.45, 2.75) is 95.3 Å². The van der Waals surface area contributed by atoms with Gasteiger partial charge in [0.15, 0.2) is 40.7 Å². The third-order valence-electron chi connectivity index (χ3n) is 7.29. The molecule has 2 saturated carbocycles. The quantitative estimate of drug-likeness (QED) is 0.386. The molecule has 210 valence electrons. The van der Waals surface area contributed by atoms with Gasteiger partial charge in [-0.1, -0.05) is 18.2 Å². The van der Waals surface area contributed by atoms with Crippen molar-refractivity contribution < 1.29 is 32.8 Å². The maximum atomic E-state index is 13.8. The molecule has 3 aromatic rings. The smallest absolute Gasteiger partial charge is 0.320 e. The number of aromatic nitrogens is 5. The minimum Gasteiger partial charge on any atom is -0.463 e. The summed E-state index contributed by atoms with van der Waals surface area (Å²) >= 11 is 0. The van der Waals surface area contributed by atoms with Crippen molar-refractivity contribution in [2.75, 3.05) is 11.9 Å². The van der Waals surface area contributed by atoms with Gasteiger partial charge in [-0.25, -0.2) is 13.5 Å². The van der Waals surface area contributed by atoms with Crippen molar-refractivity contribution >= 4 is 17.0 Å². The molecule has 6 rings (SSSR count). The van der Waals surface area contributed by atoms with E-state index in [-0.39, 0.29) is 24.0 Å². The SMILES string of the molecule is CCCOc1nc(N[C@@H]2C[C@H]2c2ccc(F)c(F)c2)c2nnn([C@@H]3C[C@H](OC(C)O)[C@H]4OC(C)(C)O[C@H]43)c2n1. The van der Waals surface area contributed by atoms with Gasteiger partial charge < -0.3 is 29.4 Å². The van der Waals surface area contributed by atoms with Gasteiger partial charge >= 0.3 is 6.01 Å². The van der Waals surface area contributed by atoms with E-state index >= 15 is 0 Å². The Labute approximate surface area is 223 Å². The fourth-order valence-electron chi connectivity index (χ4n) is 5.57. The number of fused-ring (bicyclic) bond motifs is 2. The molecule has 1 unspecified atom stereocenters. The largest absolute Gasteiger partial charge is 0.463 e. The summed E-state index contributed by atoms with van der Waals surface area (Å²) < 4.78 is 52.8. The standard InChI is InChI=1S/C26H32F2N6O5/c1-5-8-36-25-30-23(29-17-10-14(17)13-6-7-15(27)16(28)9-13)20-24(31-25)34(33-32-20)18-11-19(37-12(2)35)22-21(18)38-26(3,4)39-22/h6-7,9,12,14,17-19,21-22,35H,5,8,10-11H2,1-4H3,(H,29,30,31)/t12?,14-,17+,18+,19-,21-,22+/m0/s1. The second kappa shape index (κ2) is 9.88. The summed E-state index contributed by atoms with van der Waals surface area (Å²) in [4.78, 5) is 9.18. The van der Waals surface area contributed by atoms with Crippen LogP contribution in [-0.2, 0) is 14.2 Å². The maximum Gasteiger partial charge on any atom is 0.320 e. The number of hydrogen-bond donors (Lipinski definition) is 2. The number of aliphatic hydroxyl groups excluding tert-OH is 1. The van der Waals surface area contributed by atoms with Crippen LogP contribution in [0.3, 0.4) is 0 Å². The second-order valence-electron chi connectivity index (χ2n) is 10.8. The topological polar surface area (TPSA) is 126 Å². The van der Waals surface area contributed by atoms with Crippen LogP contribution in [0, 0.1) is 11.6 Å². The molecular weight excluding hydrogens is 514 g/mol. The van der Waals surface area contributed by atoms with Gasteiger partial charge in [-0.15, -0.1) is 5.10 Å². The Bertz CT molecular complexity index is 1370. The van der Waals surface area contributed by atoms with E-state index in [2.05, 4.69) is 25.6 Å². The van der Waals surface area contributed by atoms with Gasteiger partial charge in [0.2, 0.25) is 0 Å². The average Bonchev–Trinajstić information content (AvgIpc) is 3.22. The Kier molecular flexibility index (Phi) is 6.64. The van der Waals surface area contributed by atoms with Crippen molar-refractivity contribution in [3.63, 3.8) is 0 Å². The Hall–Kier alpha value is -3.00. The number of hydrogen-bond acceptors (Lipinski definition) is 10. The molecule has 1 saturated heterocycles. The maximum absolute atomic E-state index is 13.8. The Morgan fingerprint density at radius 3 is 2.72 bits per heavy atom. The van der Waals surface area contributed by atoms with E-state index in [4.69, 9.17) is 18.9 Å². The second-order valence-corrected chi connectivity index (χ2v) is 10.8. The lowest BCUT2D eigenvalue weighted by Gasteiger charge is -2.24. The first-order valence-corrected chi connectivity index (χ1v) is 13.3. The third-order valence-corrected chi connectivity index (χ3v) is 7.29. The highest BCUT2D eigenvalue weighted by molar-refractivity contribution is 5.83. The lowest BCUT2D eigenvalue weighted by molar-refractivity contribution is -0.193. The lowest BCUT2D eigenvalue weighted by atomic mass is 10.1. The summed E-state index contributed by atoms with van der Waals surface area (Å²) in [6.45, 7) is 7.64. The van der Waals surface area contributed by atoms with Gasteiger partial charge in [0, 0.05) is 18.4 Å². The van der Waals surface area contributed by atoms with Gasteiger partial charge in [-0.05, 0) is 51.3 Å². The zero-order valence-electron chi connectivity index (χ0n) is 22.2. The third kappa shape index (κ3) is 5.04. The summed E-state index contributed by atoms with van der Waals surface area (Å²) in [7, 11) is 0. The molecule has 11 nitrogen and oxygen atoms in total. The zero-order chi connectivity index (χ0) is 27.5. The van der Waals surface area contributed by atoms with Crippen molar-refractivity contribution in [2.24, 2.45) is 0 Å². The Morgan fingerprint density at radius 2 is 1.97 bits per heavy atom. The molecule has 3 aliphatic rings. The van der Waals surface area contributed by atoms with Crippen LogP contribution in [0.25, 0.3) is 11.2 Å². The summed E-state index contributed by atoms with van der Waals surface area (Å²) in [5.41, 5.74) is 1.62. The molecular formula is C26H32F2N6O5. The monoisotopic (exact) mass is 546 g/mol. The highest BCUT2D eigenvalue weighted by Gasteiger charge is 2.56. The normalized spacial score (nSPS) is 29.9. The molecule has 0 radical (unpaired) electrons. The number of ether oxygens (including phenoxy) is 4. The first-order valence-electron chi connectivity index (χ1n) is 13.3. The van der Waals surface area contributed by atoms with Gasteiger partial charge in [-0.3, -0.25) is 0 Å². The first-order chi connectivity index (χ1) is 18.6. The van der Waals surface area contributed by atoms with Crippen LogP contribution in [0.1, 0.15) is 64.5 Å². The molecule has 0 spiro atoms. The molecule has 0 bridgehead atoms.